The monoisotopic (exact) mass is 576 g/mol. The number of fused-ring (bicyclic) bond motifs is 1. The largest absolute Gasteiger partial charge is 0.340 e. The highest BCUT2D eigenvalue weighted by Crippen LogP contribution is 2.25. The zero-order valence-corrected chi connectivity index (χ0v) is 24.1. The molecule has 1 saturated heterocycles. The first-order valence-electron chi connectivity index (χ1n) is 14.4. The molecule has 8 heteroatoms. The number of rotatable bonds is 11. The van der Waals surface area contributed by atoms with E-state index < -0.39 is 0 Å². The van der Waals surface area contributed by atoms with Gasteiger partial charge in [-0.05, 0) is 105 Å². The molecule has 3 aromatic carbocycles. The van der Waals surface area contributed by atoms with Crippen LogP contribution in [-0.4, -0.2) is 45.3 Å². The number of nitrogens with one attached hydrogen (secondary N) is 2. The SMILES string of the molecule is O=C(Cc1cnc(Nc2ccc(CCCN3CCCC3)cc2)nc1)c1cc(Nc2ccc3ccccc3n2)ccc1Cl. The number of carbonyl (C=O) groups is 1. The van der Waals surface area contributed by atoms with Gasteiger partial charge in [0.2, 0.25) is 5.95 Å². The van der Waals surface area contributed by atoms with E-state index in [0.29, 0.717) is 27.9 Å². The molecule has 212 valence electrons. The number of carbonyl (C=O) groups excluding carboxylic acids is 1. The fourth-order valence-corrected chi connectivity index (χ4v) is 5.51. The first-order valence-corrected chi connectivity index (χ1v) is 14.8. The molecular formula is C34H33ClN6O. The van der Waals surface area contributed by atoms with E-state index in [1.807, 2.05) is 42.5 Å². The summed E-state index contributed by atoms with van der Waals surface area (Å²) in [4.78, 5) is 29.2. The Morgan fingerprint density at radius 1 is 0.833 bits per heavy atom. The summed E-state index contributed by atoms with van der Waals surface area (Å²) in [5.74, 6) is 1.07. The minimum Gasteiger partial charge on any atom is -0.340 e. The molecule has 0 aliphatic carbocycles. The van der Waals surface area contributed by atoms with E-state index in [4.69, 9.17) is 11.6 Å². The van der Waals surface area contributed by atoms with E-state index in [1.165, 1.54) is 44.5 Å². The number of hydrogen-bond donors (Lipinski definition) is 2. The number of para-hydroxylation sites is 1. The second-order valence-corrected chi connectivity index (χ2v) is 11.1. The van der Waals surface area contributed by atoms with Gasteiger partial charge in [-0.3, -0.25) is 4.79 Å². The molecule has 0 bridgehead atoms. The van der Waals surface area contributed by atoms with Gasteiger partial charge in [0.25, 0.3) is 0 Å². The zero-order chi connectivity index (χ0) is 28.7. The number of nitrogens with zero attached hydrogens (tertiary/aromatic N) is 4. The third-order valence-electron chi connectivity index (χ3n) is 7.56. The molecule has 0 spiro atoms. The van der Waals surface area contributed by atoms with Gasteiger partial charge in [0.05, 0.1) is 10.5 Å². The Morgan fingerprint density at radius 2 is 1.60 bits per heavy atom. The summed E-state index contributed by atoms with van der Waals surface area (Å²) in [6.45, 7) is 3.68. The summed E-state index contributed by atoms with van der Waals surface area (Å²) in [7, 11) is 0. The van der Waals surface area contributed by atoms with Crippen LogP contribution in [-0.2, 0) is 12.8 Å². The lowest BCUT2D eigenvalue weighted by Gasteiger charge is -2.14. The smallest absolute Gasteiger partial charge is 0.227 e. The third kappa shape index (κ3) is 7.11. The first-order chi connectivity index (χ1) is 20.6. The van der Waals surface area contributed by atoms with E-state index in [0.717, 1.165) is 28.7 Å². The van der Waals surface area contributed by atoms with Crippen LogP contribution in [0.2, 0.25) is 5.02 Å². The van der Waals surface area contributed by atoms with Crippen molar-refractivity contribution in [1.82, 2.24) is 19.9 Å². The van der Waals surface area contributed by atoms with Gasteiger partial charge in [-0.1, -0.05) is 41.9 Å². The van der Waals surface area contributed by atoms with Gasteiger partial charge in [0.1, 0.15) is 5.82 Å². The molecule has 2 N–H and O–H groups in total. The van der Waals surface area contributed by atoms with E-state index in [9.17, 15) is 4.79 Å². The van der Waals surface area contributed by atoms with Gasteiger partial charge < -0.3 is 15.5 Å². The van der Waals surface area contributed by atoms with Gasteiger partial charge >= 0.3 is 0 Å². The van der Waals surface area contributed by atoms with Crippen LogP contribution in [0.5, 0.6) is 0 Å². The number of ketones is 1. The highest BCUT2D eigenvalue weighted by atomic mass is 35.5. The van der Waals surface area contributed by atoms with Gasteiger partial charge in [-0.15, -0.1) is 0 Å². The molecule has 0 amide bonds. The fraction of sp³-hybridized carbons (Fsp3) is 0.235. The Labute approximate surface area is 251 Å². The van der Waals surface area contributed by atoms with Crippen molar-refractivity contribution in [2.45, 2.75) is 32.1 Å². The molecule has 1 aliphatic rings. The molecule has 42 heavy (non-hydrogen) atoms. The number of pyridine rings is 1. The molecule has 3 heterocycles. The summed E-state index contributed by atoms with van der Waals surface area (Å²) in [5.41, 5.74) is 5.04. The molecule has 0 unspecified atom stereocenters. The summed E-state index contributed by atoms with van der Waals surface area (Å²) in [6.07, 6.45) is 8.44. The Morgan fingerprint density at radius 3 is 2.40 bits per heavy atom. The molecule has 1 fully saturated rings. The van der Waals surface area contributed by atoms with Crippen molar-refractivity contribution in [2.75, 3.05) is 30.3 Å². The van der Waals surface area contributed by atoms with Crippen LogP contribution in [0.15, 0.2) is 91.3 Å². The lowest BCUT2D eigenvalue weighted by Crippen LogP contribution is -2.20. The number of anilines is 4. The van der Waals surface area contributed by atoms with Crippen LogP contribution < -0.4 is 10.6 Å². The molecule has 5 aromatic rings. The second-order valence-electron chi connectivity index (χ2n) is 10.7. The topological polar surface area (TPSA) is 83.0 Å². The first kappa shape index (κ1) is 27.8. The maximum absolute atomic E-state index is 13.2. The van der Waals surface area contributed by atoms with Gasteiger partial charge in [-0.25, -0.2) is 15.0 Å². The van der Waals surface area contributed by atoms with Crippen molar-refractivity contribution in [1.29, 1.82) is 0 Å². The maximum Gasteiger partial charge on any atom is 0.227 e. The van der Waals surface area contributed by atoms with Crippen LogP contribution in [0.1, 0.15) is 40.7 Å². The second kappa shape index (κ2) is 13.1. The zero-order valence-electron chi connectivity index (χ0n) is 23.4. The molecule has 0 atom stereocenters. The van der Waals surface area contributed by atoms with E-state index >= 15 is 0 Å². The number of aryl methyl sites for hydroxylation is 1. The number of Topliss-reactive ketones (excluding diaryl/α,β-unsaturated/α-hetero) is 1. The third-order valence-corrected chi connectivity index (χ3v) is 7.89. The van der Waals surface area contributed by atoms with E-state index in [-0.39, 0.29) is 12.2 Å². The summed E-state index contributed by atoms with van der Waals surface area (Å²) >= 11 is 6.42. The number of likely N-dealkylation sites (tertiary alicyclic amines) is 1. The Hall–Kier alpha value is -4.33. The Kier molecular flexibility index (Phi) is 8.68. The molecule has 0 radical (unpaired) electrons. The average molecular weight is 577 g/mol. The highest BCUT2D eigenvalue weighted by molar-refractivity contribution is 6.34. The van der Waals surface area contributed by atoms with Crippen molar-refractivity contribution in [3.63, 3.8) is 0 Å². The summed E-state index contributed by atoms with van der Waals surface area (Å²) in [6, 6.07) is 25.6. The highest BCUT2D eigenvalue weighted by Gasteiger charge is 2.14. The Balaban J connectivity index is 1.04. The van der Waals surface area contributed by atoms with Crippen LogP contribution in [0.4, 0.5) is 23.1 Å². The van der Waals surface area contributed by atoms with Crippen molar-refractivity contribution in [3.8, 4) is 0 Å². The summed E-state index contributed by atoms with van der Waals surface area (Å²) in [5, 5.41) is 7.99. The van der Waals surface area contributed by atoms with Gasteiger partial charge in [-0.2, -0.15) is 0 Å². The fourth-order valence-electron chi connectivity index (χ4n) is 5.29. The molecule has 0 saturated carbocycles. The van der Waals surface area contributed by atoms with E-state index in [1.54, 1.807) is 24.5 Å². The quantitative estimate of drug-likeness (QED) is 0.156. The van der Waals surface area contributed by atoms with Gasteiger partial charge in [0, 0.05) is 41.1 Å². The average Bonchev–Trinajstić information content (AvgIpc) is 3.53. The molecule has 6 rings (SSSR count). The van der Waals surface area contributed by atoms with Crippen LogP contribution in [0.3, 0.4) is 0 Å². The van der Waals surface area contributed by atoms with Crippen molar-refractivity contribution in [3.05, 3.63) is 113 Å². The van der Waals surface area contributed by atoms with Crippen LogP contribution in [0, 0.1) is 0 Å². The maximum atomic E-state index is 13.2. The predicted molar refractivity (Wildman–Crippen MR) is 170 cm³/mol. The number of benzene rings is 3. The molecule has 7 nitrogen and oxygen atoms in total. The van der Waals surface area contributed by atoms with Crippen molar-refractivity contribution in [2.24, 2.45) is 0 Å². The van der Waals surface area contributed by atoms with E-state index in [2.05, 4.69) is 54.8 Å². The predicted octanol–water partition coefficient (Wildman–Crippen LogP) is 7.62. The lowest BCUT2D eigenvalue weighted by molar-refractivity contribution is 0.0993. The normalized spacial score (nSPS) is 13.4. The summed E-state index contributed by atoms with van der Waals surface area (Å²) < 4.78 is 0. The molecule has 2 aromatic heterocycles. The van der Waals surface area contributed by atoms with Crippen LogP contribution >= 0.6 is 11.6 Å². The number of hydrogen-bond acceptors (Lipinski definition) is 7. The Bertz CT molecular complexity index is 1670. The van der Waals surface area contributed by atoms with Gasteiger partial charge in [0.15, 0.2) is 5.78 Å². The standard InChI is InChI=1S/C34H33ClN6O/c35-30-15-14-28(38-33-16-11-26-7-1-2-8-31(26)40-33)21-29(30)32(42)20-25-22-36-34(37-23-25)39-27-12-9-24(10-13-27)6-5-19-41-17-3-4-18-41/h1-2,7-16,21-23H,3-6,17-20H2,(H,38,40)(H,36,37,39). The number of aromatic nitrogens is 3. The minimum absolute atomic E-state index is 0.111. The minimum atomic E-state index is -0.111. The lowest BCUT2D eigenvalue weighted by atomic mass is 10.0. The van der Waals surface area contributed by atoms with Crippen LogP contribution in [0.25, 0.3) is 10.9 Å². The van der Waals surface area contributed by atoms with Crippen molar-refractivity contribution >= 4 is 51.4 Å². The molecule has 1 aliphatic heterocycles. The number of halogens is 1. The van der Waals surface area contributed by atoms with Crippen molar-refractivity contribution < 1.29 is 4.79 Å². The molecular weight excluding hydrogens is 544 g/mol.